The fraction of sp³-hybridized carbons (Fsp3) is 0.429. The van der Waals surface area contributed by atoms with Crippen LogP contribution in [0.2, 0.25) is 0 Å². The lowest BCUT2D eigenvalue weighted by atomic mass is 10.2. The van der Waals surface area contributed by atoms with Crippen molar-refractivity contribution in [2.45, 2.75) is 22.8 Å². The van der Waals surface area contributed by atoms with Crippen LogP contribution in [0.3, 0.4) is 0 Å². The largest absolute Gasteiger partial charge is 0.352 e. The predicted octanol–water partition coefficient (Wildman–Crippen LogP) is 3.75. The molecule has 1 aliphatic rings. The van der Waals surface area contributed by atoms with Crippen LogP contribution in [0.15, 0.2) is 57.0 Å². The van der Waals surface area contributed by atoms with E-state index in [0.717, 1.165) is 60.0 Å². The molecule has 0 radical (unpaired) electrons. The van der Waals surface area contributed by atoms with Gasteiger partial charge in [0.15, 0.2) is 0 Å². The molecule has 7 heteroatoms. The first-order valence-corrected chi connectivity index (χ1v) is 11.3. The Hall–Kier alpha value is -1.41. The van der Waals surface area contributed by atoms with Crippen molar-refractivity contribution in [3.8, 4) is 0 Å². The quantitative estimate of drug-likeness (QED) is 0.605. The van der Waals surface area contributed by atoms with Crippen LogP contribution in [0.25, 0.3) is 0 Å². The van der Waals surface area contributed by atoms with Gasteiger partial charge in [-0.05, 0) is 62.8 Å². The zero-order chi connectivity index (χ0) is 19.8. The van der Waals surface area contributed by atoms with Gasteiger partial charge in [-0.3, -0.25) is 4.79 Å². The van der Waals surface area contributed by atoms with E-state index in [0.29, 0.717) is 12.1 Å². The summed E-state index contributed by atoms with van der Waals surface area (Å²) in [6.07, 6.45) is 3.83. The van der Waals surface area contributed by atoms with E-state index < -0.39 is 0 Å². The summed E-state index contributed by atoms with van der Waals surface area (Å²) < 4.78 is 1.03. The molecule has 1 amide bonds. The highest BCUT2D eigenvalue weighted by Gasteiger charge is 2.14. The SMILES string of the molecule is CN1CCN(CCCCNC(=O)c2cccnc2Sc2ccc(Br)cc2)CC1. The number of hydrogen-bond donors (Lipinski definition) is 1. The molecular formula is C21H27BrN4OS. The summed E-state index contributed by atoms with van der Waals surface area (Å²) in [7, 11) is 2.18. The number of aromatic nitrogens is 1. The minimum absolute atomic E-state index is 0.0488. The van der Waals surface area contributed by atoms with E-state index in [-0.39, 0.29) is 5.91 Å². The number of halogens is 1. The van der Waals surface area contributed by atoms with Crippen molar-refractivity contribution in [3.05, 3.63) is 52.6 Å². The van der Waals surface area contributed by atoms with Crippen LogP contribution in [0.4, 0.5) is 0 Å². The number of nitrogens with zero attached hydrogens (tertiary/aromatic N) is 3. The molecule has 1 aromatic heterocycles. The minimum atomic E-state index is -0.0488. The normalized spacial score (nSPS) is 15.5. The topological polar surface area (TPSA) is 48.5 Å². The van der Waals surface area contributed by atoms with E-state index in [9.17, 15) is 4.79 Å². The predicted molar refractivity (Wildman–Crippen MR) is 118 cm³/mol. The van der Waals surface area contributed by atoms with Gasteiger partial charge in [0.1, 0.15) is 5.03 Å². The molecule has 150 valence electrons. The van der Waals surface area contributed by atoms with Gasteiger partial charge >= 0.3 is 0 Å². The number of piperazine rings is 1. The molecule has 1 aromatic carbocycles. The molecule has 0 atom stereocenters. The Morgan fingerprint density at radius 1 is 1.14 bits per heavy atom. The highest BCUT2D eigenvalue weighted by atomic mass is 79.9. The van der Waals surface area contributed by atoms with E-state index in [2.05, 4.69) is 43.1 Å². The van der Waals surface area contributed by atoms with Gasteiger partial charge in [0.05, 0.1) is 5.56 Å². The second kappa shape index (κ2) is 11.0. The first kappa shape index (κ1) is 21.3. The second-order valence-electron chi connectivity index (χ2n) is 7.02. The number of likely N-dealkylation sites (N-methyl/N-ethyl adjacent to an activating group) is 1. The van der Waals surface area contributed by atoms with Crippen molar-refractivity contribution in [2.24, 2.45) is 0 Å². The molecule has 28 heavy (non-hydrogen) atoms. The van der Waals surface area contributed by atoms with E-state index in [1.807, 2.05) is 36.4 Å². The molecule has 1 fully saturated rings. The lowest BCUT2D eigenvalue weighted by molar-refractivity contribution is 0.0948. The van der Waals surface area contributed by atoms with Crippen molar-refractivity contribution in [1.82, 2.24) is 20.1 Å². The first-order chi connectivity index (χ1) is 13.6. The van der Waals surface area contributed by atoms with Gasteiger partial charge in [0, 0.05) is 48.3 Å². The minimum Gasteiger partial charge on any atom is -0.352 e. The monoisotopic (exact) mass is 462 g/mol. The standard InChI is InChI=1S/C21H27BrN4OS/c1-25-13-15-26(16-14-25)12-3-2-10-23-20(27)19-5-4-11-24-21(19)28-18-8-6-17(22)7-9-18/h4-9,11H,2-3,10,12-16H2,1H3,(H,23,27). The maximum atomic E-state index is 12.6. The number of carbonyl (C=O) groups excluding carboxylic acids is 1. The molecular weight excluding hydrogens is 436 g/mol. The number of amides is 1. The smallest absolute Gasteiger partial charge is 0.254 e. The van der Waals surface area contributed by atoms with Crippen molar-refractivity contribution in [2.75, 3.05) is 46.3 Å². The summed E-state index contributed by atoms with van der Waals surface area (Å²) in [6, 6.07) is 11.7. The van der Waals surface area contributed by atoms with Crippen molar-refractivity contribution in [3.63, 3.8) is 0 Å². The first-order valence-electron chi connectivity index (χ1n) is 9.69. The molecule has 2 heterocycles. The highest BCUT2D eigenvalue weighted by molar-refractivity contribution is 9.10. The number of rotatable bonds is 8. The maximum absolute atomic E-state index is 12.6. The van der Waals surface area contributed by atoms with Crippen LogP contribution in [-0.4, -0.2) is 67.0 Å². The van der Waals surface area contributed by atoms with E-state index in [1.165, 1.54) is 11.8 Å². The third-order valence-corrected chi connectivity index (χ3v) is 6.38. The molecule has 0 spiro atoms. The summed E-state index contributed by atoms with van der Waals surface area (Å²) in [6.45, 7) is 6.41. The molecule has 3 rings (SSSR count). The molecule has 0 saturated carbocycles. The Morgan fingerprint density at radius 2 is 1.89 bits per heavy atom. The Balaban J connectivity index is 1.44. The van der Waals surface area contributed by atoms with Crippen LogP contribution in [0.5, 0.6) is 0 Å². The lowest BCUT2D eigenvalue weighted by Crippen LogP contribution is -2.44. The second-order valence-corrected chi connectivity index (χ2v) is 9.00. The van der Waals surface area contributed by atoms with Gasteiger partial charge in [0.25, 0.3) is 5.91 Å². The third-order valence-electron chi connectivity index (χ3n) is 4.83. The average Bonchev–Trinajstić information content (AvgIpc) is 2.71. The van der Waals surface area contributed by atoms with Crippen LogP contribution >= 0.6 is 27.7 Å². The van der Waals surface area contributed by atoms with Crippen LogP contribution in [0, 0.1) is 0 Å². The number of unbranched alkanes of at least 4 members (excludes halogenated alkanes) is 1. The zero-order valence-corrected chi connectivity index (χ0v) is 18.6. The summed E-state index contributed by atoms with van der Waals surface area (Å²) in [5.74, 6) is -0.0488. The van der Waals surface area contributed by atoms with Gasteiger partial charge < -0.3 is 15.1 Å². The number of benzene rings is 1. The molecule has 2 aromatic rings. The van der Waals surface area contributed by atoms with Crippen molar-refractivity contribution < 1.29 is 4.79 Å². The molecule has 0 bridgehead atoms. The Bertz CT molecular complexity index is 763. The summed E-state index contributed by atoms with van der Waals surface area (Å²) in [5.41, 5.74) is 0.634. The van der Waals surface area contributed by atoms with Gasteiger partial charge in [-0.25, -0.2) is 4.98 Å². The number of carbonyl (C=O) groups is 1. The van der Waals surface area contributed by atoms with Crippen LogP contribution < -0.4 is 5.32 Å². The Labute approximate surface area is 180 Å². The van der Waals surface area contributed by atoms with Gasteiger partial charge in [-0.15, -0.1) is 0 Å². The van der Waals surface area contributed by atoms with Crippen molar-refractivity contribution >= 4 is 33.6 Å². The molecule has 0 aliphatic carbocycles. The highest BCUT2D eigenvalue weighted by Crippen LogP contribution is 2.29. The average molecular weight is 463 g/mol. The Kier molecular flexibility index (Phi) is 8.33. The molecule has 0 unspecified atom stereocenters. The third kappa shape index (κ3) is 6.58. The summed E-state index contributed by atoms with van der Waals surface area (Å²) in [5, 5.41) is 3.79. The van der Waals surface area contributed by atoms with Gasteiger partial charge in [-0.2, -0.15) is 0 Å². The van der Waals surface area contributed by atoms with Crippen molar-refractivity contribution in [1.29, 1.82) is 0 Å². The number of hydrogen-bond acceptors (Lipinski definition) is 5. The summed E-state index contributed by atoms with van der Waals surface area (Å²) >= 11 is 4.95. The number of nitrogens with one attached hydrogen (secondary N) is 1. The van der Waals surface area contributed by atoms with E-state index in [4.69, 9.17) is 0 Å². The lowest BCUT2D eigenvalue weighted by Gasteiger charge is -2.32. The van der Waals surface area contributed by atoms with Crippen LogP contribution in [0.1, 0.15) is 23.2 Å². The Morgan fingerprint density at radius 3 is 2.64 bits per heavy atom. The van der Waals surface area contributed by atoms with Crippen LogP contribution in [-0.2, 0) is 0 Å². The molecule has 1 saturated heterocycles. The zero-order valence-electron chi connectivity index (χ0n) is 16.2. The maximum Gasteiger partial charge on any atom is 0.254 e. The number of pyridine rings is 1. The van der Waals surface area contributed by atoms with Gasteiger partial charge in [-0.1, -0.05) is 27.7 Å². The molecule has 1 aliphatic heterocycles. The fourth-order valence-corrected chi connectivity index (χ4v) is 4.23. The van der Waals surface area contributed by atoms with Gasteiger partial charge in [0.2, 0.25) is 0 Å². The molecule has 5 nitrogen and oxygen atoms in total. The fourth-order valence-electron chi connectivity index (χ4n) is 3.09. The van der Waals surface area contributed by atoms with E-state index >= 15 is 0 Å². The summed E-state index contributed by atoms with van der Waals surface area (Å²) in [4.78, 5) is 23.0. The van der Waals surface area contributed by atoms with E-state index in [1.54, 1.807) is 6.20 Å². The molecule has 1 N–H and O–H groups in total.